The first-order valence-corrected chi connectivity index (χ1v) is 6.26. The van der Waals surface area contributed by atoms with Crippen LogP contribution in [0, 0.1) is 0 Å². The van der Waals surface area contributed by atoms with E-state index >= 15 is 0 Å². The maximum atomic E-state index is 5.58. The lowest BCUT2D eigenvalue weighted by atomic mass is 10.1. The standard InChI is InChI=1S/C11H9Br2N3/c12-8-3-1-7(2-4-8)5-9-6-10(13)11(14)16-15-9/h1-4,6H,5H2,(H2,14,16). The number of anilines is 1. The number of nitrogens with zero attached hydrogens (tertiary/aromatic N) is 2. The number of aromatic nitrogens is 2. The lowest BCUT2D eigenvalue weighted by Gasteiger charge is -2.02. The minimum Gasteiger partial charge on any atom is -0.381 e. The summed E-state index contributed by atoms with van der Waals surface area (Å²) in [5.41, 5.74) is 7.66. The van der Waals surface area contributed by atoms with Crippen LogP contribution < -0.4 is 5.73 Å². The highest BCUT2D eigenvalue weighted by atomic mass is 79.9. The number of nitrogen functional groups attached to an aromatic ring is 1. The molecule has 0 bridgehead atoms. The van der Waals surface area contributed by atoms with Gasteiger partial charge in [-0.3, -0.25) is 0 Å². The molecule has 1 aromatic heterocycles. The summed E-state index contributed by atoms with van der Waals surface area (Å²) in [6.07, 6.45) is 0.749. The quantitative estimate of drug-likeness (QED) is 0.911. The molecular formula is C11H9Br2N3. The highest BCUT2D eigenvalue weighted by Gasteiger charge is 2.02. The summed E-state index contributed by atoms with van der Waals surface area (Å²) < 4.78 is 1.86. The largest absolute Gasteiger partial charge is 0.381 e. The van der Waals surface area contributed by atoms with Crippen molar-refractivity contribution in [3.05, 3.63) is 50.5 Å². The Labute approximate surface area is 110 Å². The summed E-state index contributed by atoms with van der Waals surface area (Å²) >= 11 is 6.74. The molecule has 0 spiro atoms. The summed E-state index contributed by atoms with van der Waals surface area (Å²) in [7, 11) is 0. The molecule has 82 valence electrons. The van der Waals surface area contributed by atoms with Gasteiger partial charge in [0.15, 0.2) is 5.82 Å². The second-order valence-electron chi connectivity index (χ2n) is 3.37. The fourth-order valence-electron chi connectivity index (χ4n) is 1.31. The summed E-state index contributed by atoms with van der Waals surface area (Å²) in [5, 5.41) is 7.90. The number of hydrogen-bond acceptors (Lipinski definition) is 3. The summed E-state index contributed by atoms with van der Waals surface area (Å²) in [5.74, 6) is 0.416. The van der Waals surface area contributed by atoms with Crippen LogP contribution in [0.15, 0.2) is 39.3 Å². The molecule has 0 atom stereocenters. The molecule has 0 amide bonds. The topological polar surface area (TPSA) is 51.8 Å². The van der Waals surface area contributed by atoms with Crippen molar-refractivity contribution in [2.75, 3.05) is 5.73 Å². The molecule has 2 N–H and O–H groups in total. The van der Waals surface area contributed by atoms with E-state index in [2.05, 4.69) is 54.2 Å². The number of nitrogens with two attached hydrogens (primary N) is 1. The number of halogens is 2. The van der Waals surface area contributed by atoms with Gasteiger partial charge in [-0.2, -0.15) is 5.10 Å². The first-order valence-electron chi connectivity index (χ1n) is 4.67. The predicted octanol–water partition coefficient (Wildman–Crippen LogP) is 3.17. The van der Waals surface area contributed by atoms with Crippen molar-refractivity contribution in [1.82, 2.24) is 10.2 Å². The van der Waals surface area contributed by atoms with Crippen molar-refractivity contribution >= 4 is 37.7 Å². The number of benzene rings is 1. The van der Waals surface area contributed by atoms with Crippen molar-refractivity contribution in [3.8, 4) is 0 Å². The lowest BCUT2D eigenvalue weighted by Crippen LogP contribution is -1.99. The smallest absolute Gasteiger partial charge is 0.160 e. The van der Waals surface area contributed by atoms with Crippen LogP contribution in [0.5, 0.6) is 0 Å². The van der Waals surface area contributed by atoms with Crippen LogP contribution in [0.3, 0.4) is 0 Å². The molecule has 0 aliphatic heterocycles. The van der Waals surface area contributed by atoms with Crippen LogP contribution in [0.1, 0.15) is 11.3 Å². The Bertz CT molecular complexity index is 497. The maximum absolute atomic E-state index is 5.58. The fraction of sp³-hybridized carbons (Fsp3) is 0.0909. The van der Waals surface area contributed by atoms with Crippen LogP contribution in [0.2, 0.25) is 0 Å². The zero-order valence-electron chi connectivity index (χ0n) is 8.32. The van der Waals surface area contributed by atoms with E-state index in [4.69, 9.17) is 5.73 Å². The van der Waals surface area contributed by atoms with E-state index < -0.39 is 0 Å². The molecule has 1 heterocycles. The molecular weight excluding hydrogens is 334 g/mol. The van der Waals surface area contributed by atoms with Crippen molar-refractivity contribution in [3.63, 3.8) is 0 Å². The Hall–Kier alpha value is -0.940. The predicted molar refractivity (Wildman–Crippen MR) is 71.1 cm³/mol. The average Bonchev–Trinajstić information content (AvgIpc) is 2.27. The van der Waals surface area contributed by atoms with Gasteiger partial charge in [-0.1, -0.05) is 28.1 Å². The van der Waals surface area contributed by atoms with E-state index in [1.807, 2.05) is 18.2 Å². The molecule has 2 rings (SSSR count). The molecule has 0 saturated heterocycles. The lowest BCUT2D eigenvalue weighted by molar-refractivity contribution is 0.939. The van der Waals surface area contributed by atoms with Gasteiger partial charge in [0.05, 0.1) is 10.2 Å². The normalized spacial score (nSPS) is 10.4. The minimum absolute atomic E-state index is 0.416. The van der Waals surface area contributed by atoms with Crippen molar-refractivity contribution in [1.29, 1.82) is 0 Å². The van der Waals surface area contributed by atoms with Gasteiger partial charge in [0.25, 0.3) is 0 Å². The molecule has 0 aliphatic rings. The zero-order valence-corrected chi connectivity index (χ0v) is 11.5. The Morgan fingerprint density at radius 1 is 1.06 bits per heavy atom. The monoisotopic (exact) mass is 341 g/mol. The molecule has 2 aromatic rings. The fourth-order valence-corrected chi connectivity index (χ4v) is 1.92. The van der Waals surface area contributed by atoms with Gasteiger partial charge in [-0.05, 0) is 39.7 Å². The molecule has 0 saturated carbocycles. The SMILES string of the molecule is Nc1nnc(Cc2ccc(Br)cc2)cc1Br. The first-order chi connectivity index (χ1) is 7.65. The van der Waals surface area contributed by atoms with Crippen LogP contribution in [0.4, 0.5) is 5.82 Å². The molecule has 16 heavy (non-hydrogen) atoms. The summed E-state index contributed by atoms with van der Waals surface area (Å²) in [6.45, 7) is 0. The van der Waals surface area contributed by atoms with Gasteiger partial charge in [-0.25, -0.2) is 0 Å². The third-order valence-electron chi connectivity index (χ3n) is 2.12. The van der Waals surface area contributed by atoms with Crippen molar-refractivity contribution in [2.24, 2.45) is 0 Å². The Morgan fingerprint density at radius 2 is 1.75 bits per heavy atom. The van der Waals surface area contributed by atoms with Crippen LogP contribution in [0.25, 0.3) is 0 Å². The van der Waals surface area contributed by atoms with E-state index in [9.17, 15) is 0 Å². The van der Waals surface area contributed by atoms with E-state index in [1.54, 1.807) is 0 Å². The summed E-state index contributed by atoms with van der Waals surface area (Å²) in [4.78, 5) is 0. The van der Waals surface area contributed by atoms with Gasteiger partial charge in [0.2, 0.25) is 0 Å². The third kappa shape index (κ3) is 2.80. The molecule has 0 aliphatic carbocycles. The zero-order chi connectivity index (χ0) is 11.5. The van der Waals surface area contributed by atoms with Crippen LogP contribution >= 0.6 is 31.9 Å². The second kappa shape index (κ2) is 4.93. The average molecular weight is 343 g/mol. The Kier molecular flexibility index (Phi) is 3.56. The highest BCUT2D eigenvalue weighted by molar-refractivity contribution is 9.10. The van der Waals surface area contributed by atoms with Gasteiger partial charge in [-0.15, -0.1) is 5.10 Å². The van der Waals surface area contributed by atoms with E-state index in [0.29, 0.717) is 5.82 Å². The molecule has 1 aromatic carbocycles. The molecule has 0 fully saturated rings. The molecule has 0 radical (unpaired) electrons. The van der Waals surface area contributed by atoms with E-state index in [1.165, 1.54) is 5.56 Å². The van der Waals surface area contributed by atoms with E-state index in [-0.39, 0.29) is 0 Å². The Morgan fingerprint density at radius 3 is 2.38 bits per heavy atom. The second-order valence-corrected chi connectivity index (χ2v) is 5.14. The molecule has 0 unspecified atom stereocenters. The molecule has 3 nitrogen and oxygen atoms in total. The highest BCUT2D eigenvalue weighted by Crippen LogP contribution is 2.18. The van der Waals surface area contributed by atoms with Crippen molar-refractivity contribution in [2.45, 2.75) is 6.42 Å². The van der Waals surface area contributed by atoms with Gasteiger partial charge < -0.3 is 5.73 Å². The minimum atomic E-state index is 0.416. The number of rotatable bonds is 2. The van der Waals surface area contributed by atoms with Gasteiger partial charge in [0, 0.05) is 10.9 Å². The third-order valence-corrected chi connectivity index (χ3v) is 3.29. The van der Waals surface area contributed by atoms with Gasteiger partial charge >= 0.3 is 0 Å². The van der Waals surface area contributed by atoms with Crippen LogP contribution in [-0.2, 0) is 6.42 Å². The number of hydrogen-bond donors (Lipinski definition) is 1. The van der Waals surface area contributed by atoms with E-state index in [0.717, 1.165) is 21.1 Å². The Balaban J connectivity index is 2.20. The van der Waals surface area contributed by atoms with Gasteiger partial charge in [0.1, 0.15) is 0 Å². The van der Waals surface area contributed by atoms with Crippen molar-refractivity contribution < 1.29 is 0 Å². The molecule has 5 heteroatoms. The van der Waals surface area contributed by atoms with Crippen LogP contribution in [-0.4, -0.2) is 10.2 Å². The maximum Gasteiger partial charge on any atom is 0.160 e. The summed E-state index contributed by atoms with van der Waals surface area (Å²) in [6, 6.07) is 10.0. The first kappa shape index (κ1) is 11.5.